The Bertz CT molecular complexity index is 1190. The molecule has 3 unspecified atom stereocenters. The Labute approximate surface area is 251 Å². The molecule has 9 heteroatoms. The number of ether oxygens (including phenoxy) is 2. The highest BCUT2D eigenvalue weighted by molar-refractivity contribution is 5.63. The van der Waals surface area contributed by atoms with Crippen LogP contribution in [0.2, 0.25) is 0 Å². The zero-order valence-corrected chi connectivity index (χ0v) is 25.4. The zero-order chi connectivity index (χ0) is 31.0. The highest BCUT2D eigenvalue weighted by Gasteiger charge is 2.50. The van der Waals surface area contributed by atoms with Gasteiger partial charge in [-0.1, -0.05) is 65.2 Å². The molecule has 0 radical (unpaired) electrons. The fraction of sp³-hybridized carbons (Fsp3) is 0.676. The Hall–Kier alpha value is -2.29. The van der Waals surface area contributed by atoms with E-state index < -0.39 is 53.5 Å². The van der Waals surface area contributed by atoms with E-state index >= 15 is 17.6 Å². The minimum Gasteiger partial charge on any atom is -0.489 e. The molecule has 0 spiro atoms. The third-order valence-electron chi connectivity index (χ3n) is 8.93. The summed E-state index contributed by atoms with van der Waals surface area (Å²) in [5, 5.41) is 0. The van der Waals surface area contributed by atoms with Gasteiger partial charge in [-0.15, -0.1) is 0 Å². The molecule has 3 nitrogen and oxygen atoms in total. The quantitative estimate of drug-likeness (QED) is 0.0952. The Kier molecular flexibility index (Phi) is 12.2. The molecule has 0 N–H and O–H groups in total. The molecule has 3 atom stereocenters. The van der Waals surface area contributed by atoms with Gasteiger partial charge in [0.05, 0.1) is 24.5 Å². The maximum Gasteiger partial charge on any atom is 0.302 e. The van der Waals surface area contributed by atoms with Crippen molar-refractivity contribution in [3.05, 3.63) is 46.9 Å². The summed E-state index contributed by atoms with van der Waals surface area (Å²) in [4.78, 5) is 3.75. The maximum absolute atomic E-state index is 15.3. The van der Waals surface area contributed by atoms with E-state index in [1.54, 1.807) is 0 Å². The molecule has 4 rings (SSSR count). The topological polar surface area (TPSA) is 31.4 Å². The molecule has 2 aliphatic carbocycles. The molecule has 1 fully saturated rings. The molecule has 1 heterocycles. The average Bonchev–Trinajstić information content (AvgIpc) is 3.82. The van der Waals surface area contributed by atoms with Crippen LogP contribution in [-0.2, 0) is 17.1 Å². The zero-order valence-electron chi connectivity index (χ0n) is 25.4. The van der Waals surface area contributed by atoms with Gasteiger partial charge >= 0.3 is 5.92 Å². The van der Waals surface area contributed by atoms with Crippen molar-refractivity contribution in [3.8, 4) is 17.0 Å². The molecular weight excluding hydrogens is 568 g/mol. The van der Waals surface area contributed by atoms with Gasteiger partial charge < -0.3 is 9.47 Å². The van der Waals surface area contributed by atoms with Crippen LogP contribution in [0.5, 0.6) is 5.75 Å². The first kappa shape index (κ1) is 33.6. The summed E-state index contributed by atoms with van der Waals surface area (Å²) in [5.41, 5.74) is -1.83. The number of unbranched alkanes of at least 4 members (excludes halogenated alkanes) is 5. The van der Waals surface area contributed by atoms with Crippen LogP contribution in [-0.4, -0.2) is 30.5 Å². The van der Waals surface area contributed by atoms with Crippen LogP contribution < -0.4 is 4.74 Å². The minimum atomic E-state index is -3.86. The number of aryl methyl sites for hydroxylation is 1. The first-order valence-corrected chi connectivity index (χ1v) is 16.1. The first-order chi connectivity index (χ1) is 20.7. The molecule has 0 saturated heterocycles. The van der Waals surface area contributed by atoms with Gasteiger partial charge in [-0.05, 0) is 74.1 Å². The third kappa shape index (κ3) is 8.67. The Morgan fingerprint density at radius 2 is 1.67 bits per heavy atom. The highest BCUT2D eigenvalue weighted by Crippen LogP contribution is 2.46. The van der Waals surface area contributed by atoms with Crippen LogP contribution in [0.4, 0.5) is 26.3 Å². The smallest absolute Gasteiger partial charge is 0.302 e. The lowest BCUT2D eigenvalue weighted by atomic mass is 9.84. The summed E-state index contributed by atoms with van der Waals surface area (Å²) in [6, 6.07) is 3.68. The molecule has 0 amide bonds. The summed E-state index contributed by atoms with van der Waals surface area (Å²) in [5.74, 6) is -6.53. The number of hydrogen-bond donors (Lipinski definition) is 0. The van der Waals surface area contributed by atoms with Gasteiger partial charge in [0.25, 0.3) is 5.95 Å². The molecule has 43 heavy (non-hydrogen) atoms. The highest BCUT2D eigenvalue weighted by atomic mass is 19.3. The average molecular weight is 614 g/mol. The Morgan fingerprint density at radius 3 is 2.37 bits per heavy atom. The van der Waals surface area contributed by atoms with Crippen LogP contribution >= 0.6 is 0 Å². The predicted molar refractivity (Wildman–Crippen MR) is 156 cm³/mol. The fourth-order valence-corrected chi connectivity index (χ4v) is 6.22. The number of fused-ring (bicyclic) bond motifs is 1. The molecule has 1 aromatic carbocycles. The summed E-state index contributed by atoms with van der Waals surface area (Å²) in [6.45, 7) is 4.04. The lowest BCUT2D eigenvalue weighted by Crippen LogP contribution is -2.40. The van der Waals surface area contributed by atoms with Gasteiger partial charge in [0.2, 0.25) is 0 Å². The maximum atomic E-state index is 15.3. The molecule has 1 saturated carbocycles. The van der Waals surface area contributed by atoms with Crippen LogP contribution in [0.3, 0.4) is 0 Å². The van der Waals surface area contributed by atoms with E-state index in [9.17, 15) is 8.78 Å². The van der Waals surface area contributed by atoms with Crippen LogP contribution in [0.25, 0.3) is 11.3 Å². The molecule has 2 aromatic rings. The van der Waals surface area contributed by atoms with Gasteiger partial charge in [0.15, 0.2) is 17.4 Å². The minimum absolute atomic E-state index is 0.0312. The number of benzene rings is 1. The monoisotopic (exact) mass is 613 g/mol. The van der Waals surface area contributed by atoms with E-state index in [0.717, 1.165) is 56.4 Å². The second-order valence-electron chi connectivity index (χ2n) is 12.2. The number of hydrogen-bond acceptors (Lipinski definition) is 3. The molecule has 0 aliphatic heterocycles. The summed E-state index contributed by atoms with van der Waals surface area (Å²) in [7, 11) is 0. The predicted octanol–water partition coefficient (Wildman–Crippen LogP) is 10.3. The van der Waals surface area contributed by atoms with Crippen molar-refractivity contribution in [2.75, 3.05) is 13.2 Å². The summed E-state index contributed by atoms with van der Waals surface area (Å²) < 4.78 is 101. The van der Waals surface area contributed by atoms with Crippen molar-refractivity contribution < 1.29 is 35.8 Å². The van der Waals surface area contributed by atoms with Crippen molar-refractivity contribution >= 4 is 0 Å². The number of rotatable bonds is 18. The van der Waals surface area contributed by atoms with Gasteiger partial charge in [0, 0.05) is 5.56 Å². The molecule has 1 aromatic heterocycles. The number of pyridine rings is 1. The Balaban J connectivity index is 1.35. The largest absolute Gasteiger partial charge is 0.489 e. The number of nitrogens with zero attached hydrogens (tertiary/aromatic N) is 1. The van der Waals surface area contributed by atoms with E-state index in [0.29, 0.717) is 13.0 Å². The van der Waals surface area contributed by atoms with Crippen LogP contribution in [0, 0.1) is 29.4 Å². The number of aromatic nitrogens is 1. The van der Waals surface area contributed by atoms with Crippen molar-refractivity contribution in [1.29, 1.82) is 0 Å². The molecular formula is C34H45F6NO2. The summed E-state index contributed by atoms with van der Waals surface area (Å²) in [6.07, 6.45) is 8.17. The van der Waals surface area contributed by atoms with E-state index in [4.69, 9.17) is 9.47 Å². The van der Waals surface area contributed by atoms with Crippen molar-refractivity contribution in [2.45, 2.75) is 122 Å². The van der Waals surface area contributed by atoms with E-state index in [1.165, 1.54) is 37.8 Å². The fourth-order valence-electron chi connectivity index (χ4n) is 6.22. The van der Waals surface area contributed by atoms with Crippen molar-refractivity contribution in [1.82, 2.24) is 4.98 Å². The second-order valence-corrected chi connectivity index (χ2v) is 12.2. The van der Waals surface area contributed by atoms with Crippen LogP contribution in [0.15, 0.2) is 18.2 Å². The van der Waals surface area contributed by atoms with Gasteiger partial charge in [-0.25, -0.2) is 18.2 Å². The summed E-state index contributed by atoms with van der Waals surface area (Å²) >= 11 is 0. The SMILES string of the molecule is CCCCCCC(F)COC1CCc2cc(-c3ccc(OCCCCCC(CC)C4CC4)c(F)n3)c(F)c(F)c2C1(F)F. The third-order valence-corrected chi connectivity index (χ3v) is 8.93. The van der Waals surface area contributed by atoms with E-state index in [-0.39, 0.29) is 36.3 Å². The Morgan fingerprint density at radius 1 is 0.930 bits per heavy atom. The lowest BCUT2D eigenvalue weighted by molar-refractivity contribution is -0.160. The standard InChI is InChI=1S/C34H45F6NO2/c1-3-5-6-9-12-25(35)21-43-29-18-15-24-20-26(31(36)32(37)30(24)34(29,39)40)27-16-17-28(33(38)41-27)42-19-10-7-8-11-22(4-2)23-13-14-23/h16-17,20,22-23,25,29H,3-15,18-19,21H2,1-2H3. The van der Waals surface area contributed by atoms with Crippen molar-refractivity contribution in [3.63, 3.8) is 0 Å². The molecule has 2 aliphatic rings. The van der Waals surface area contributed by atoms with Gasteiger partial charge in [-0.3, -0.25) is 0 Å². The first-order valence-electron chi connectivity index (χ1n) is 16.1. The molecule has 0 bridgehead atoms. The van der Waals surface area contributed by atoms with Crippen LogP contribution in [0.1, 0.15) is 108 Å². The lowest BCUT2D eigenvalue weighted by Gasteiger charge is -2.34. The van der Waals surface area contributed by atoms with Crippen molar-refractivity contribution in [2.24, 2.45) is 11.8 Å². The number of alkyl halides is 3. The van der Waals surface area contributed by atoms with E-state index in [1.807, 2.05) is 6.92 Å². The van der Waals surface area contributed by atoms with Gasteiger partial charge in [0.1, 0.15) is 12.3 Å². The number of halogens is 6. The van der Waals surface area contributed by atoms with Gasteiger partial charge in [-0.2, -0.15) is 13.2 Å². The van der Waals surface area contributed by atoms with E-state index in [2.05, 4.69) is 11.9 Å². The molecule has 240 valence electrons. The normalized spacial score (nSPS) is 19.2. The second kappa shape index (κ2) is 15.6.